The van der Waals surface area contributed by atoms with Crippen molar-refractivity contribution in [2.45, 2.75) is 110 Å². The predicted octanol–water partition coefficient (Wildman–Crippen LogP) is 5.80. The fourth-order valence-electron chi connectivity index (χ4n) is 10.7. The van der Waals surface area contributed by atoms with Gasteiger partial charge in [0.1, 0.15) is 11.8 Å². The summed E-state index contributed by atoms with van der Waals surface area (Å²) in [5.41, 5.74) is 1.32. The minimum atomic E-state index is -0.833. The highest BCUT2D eigenvalue weighted by Crippen LogP contribution is 2.71. The first-order valence-corrected chi connectivity index (χ1v) is 14.3. The van der Waals surface area contributed by atoms with Gasteiger partial charge in [-0.05, 0) is 104 Å². The average molecular weight is 488 g/mol. The molecule has 6 aliphatic rings. The highest BCUT2D eigenvalue weighted by atomic mass is 16.7. The molecule has 2 heterocycles. The van der Waals surface area contributed by atoms with Gasteiger partial charge >= 0.3 is 5.97 Å². The van der Waals surface area contributed by atoms with Crippen molar-refractivity contribution in [3.8, 4) is 0 Å². The largest absolute Gasteiger partial charge is 0.463 e. The molecule has 12 atom stereocenters. The highest BCUT2D eigenvalue weighted by Gasteiger charge is 2.70. The summed E-state index contributed by atoms with van der Waals surface area (Å²) in [6, 6.07) is 0. The van der Waals surface area contributed by atoms with Gasteiger partial charge in [0.05, 0.1) is 12.7 Å². The van der Waals surface area contributed by atoms with Crippen molar-refractivity contribution in [3.05, 3.63) is 0 Å². The number of nitrogens with zero attached hydrogens (tertiary/aromatic N) is 1. The van der Waals surface area contributed by atoms with Gasteiger partial charge in [-0.15, -0.1) is 0 Å². The molecule has 6 heteroatoms. The van der Waals surface area contributed by atoms with Crippen molar-refractivity contribution < 1.29 is 24.2 Å². The van der Waals surface area contributed by atoms with Crippen LogP contribution in [0.25, 0.3) is 0 Å². The Labute approximate surface area is 210 Å². The zero-order chi connectivity index (χ0) is 24.8. The second-order valence-corrected chi connectivity index (χ2v) is 13.7. The first kappa shape index (κ1) is 24.2. The molecule has 1 N–H and O–H groups in total. The molecular formula is C29H45NO5. The lowest BCUT2D eigenvalue weighted by atomic mass is 9.44. The standard InChI is InChI=1S/C29H45NO5/c1-16-12-25(30-32)29(33-15-16)17(2)26-24(35-29)14-23-21-7-6-19-13-20(34-18(3)31)8-10-27(19,4)22(21)9-11-28(23,26)5/h16-17,19-24,26,32H,6-15H2,1-5H3/b30-25-/t16-,17+,19+,20+,21-,22+,23+,24+,26+,27+,28+,29+/m1/s1. The van der Waals surface area contributed by atoms with Crippen LogP contribution < -0.4 is 0 Å². The molecular weight excluding hydrogens is 442 g/mol. The Morgan fingerprint density at radius 3 is 2.57 bits per heavy atom. The average Bonchev–Trinajstić information content (AvgIpc) is 3.26. The predicted molar refractivity (Wildman–Crippen MR) is 132 cm³/mol. The van der Waals surface area contributed by atoms with Crippen molar-refractivity contribution in [3.63, 3.8) is 0 Å². The minimum absolute atomic E-state index is 0.118. The maximum Gasteiger partial charge on any atom is 0.302 e. The van der Waals surface area contributed by atoms with Crippen LogP contribution in [0.3, 0.4) is 0 Å². The van der Waals surface area contributed by atoms with Gasteiger partial charge in [-0.2, -0.15) is 0 Å². The molecule has 0 amide bonds. The fraction of sp³-hybridized carbons (Fsp3) is 0.931. The Kier molecular flexibility index (Phi) is 5.66. The van der Waals surface area contributed by atoms with Gasteiger partial charge in [0.2, 0.25) is 5.79 Å². The van der Waals surface area contributed by atoms with Gasteiger partial charge in [0.15, 0.2) is 0 Å². The summed E-state index contributed by atoms with van der Waals surface area (Å²) in [6.45, 7) is 11.8. The summed E-state index contributed by atoms with van der Waals surface area (Å²) in [4.78, 5) is 11.6. The van der Waals surface area contributed by atoms with Crippen LogP contribution in [0, 0.1) is 52.3 Å². The van der Waals surface area contributed by atoms with E-state index in [2.05, 4.69) is 32.9 Å². The van der Waals surface area contributed by atoms with Gasteiger partial charge < -0.3 is 19.4 Å². The number of ether oxygens (including phenoxy) is 3. The third kappa shape index (κ3) is 3.34. The minimum Gasteiger partial charge on any atom is -0.463 e. The molecule has 6 rings (SSSR count). The zero-order valence-corrected chi connectivity index (χ0v) is 22.3. The Bertz CT molecular complexity index is 906. The molecule has 0 unspecified atom stereocenters. The van der Waals surface area contributed by atoms with Crippen LogP contribution in [0.1, 0.15) is 92.4 Å². The van der Waals surface area contributed by atoms with Gasteiger partial charge in [-0.25, -0.2) is 0 Å². The summed E-state index contributed by atoms with van der Waals surface area (Å²) in [5.74, 6) is 2.93. The second kappa shape index (κ2) is 8.18. The Balaban J connectivity index is 1.23. The van der Waals surface area contributed by atoms with E-state index in [1.807, 2.05) is 0 Å². The molecule has 196 valence electrons. The number of esters is 1. The van der Waals surface area contributed by atoms with Gasteiger partial charge in [-0.3, -0.25) is 4.79 Å². The molecule has 2 aliphatic heterocycles. The van der Waals surface area contributed by atoms with Crippen molar-refractivity contribution in [2.24, 2.45) is 57.4 Å². The molecule has 4 aliphatic carbocycles. The summed E-state index contributed by atoms with van der Waals surface area (Å²) in [5, 5.41) is 13.6. The molecule has 35 heavy (non-hydrogen) atoms. The van der Waals surface area contributed by atoms with E-state index in [0.717, 1.165) is 37.5 Å². The molecule has 0 aromatic carbocycles. The van der Waals surface area contributed by atoms with Crippen LogP contribution in [0.2, 0.25) is 0 Å². The Morgan fingerprint density at radius 1 is 1.06 bits per heavy atom. The molecule has 6 nitrogen and oxygen atoms in total. The summed E-state index contributed by atoms with van der Waals surface area (Å²) in [6.07, 6.45) is 10.5. The van der Waals surface area contributed by atoms with E-state index in [1.165, 1.54) is 32.1 Å². The first-order chi connectivity index (χ1) is 16.6. The Hall–Kier alpha value is -1.14. The number of hydrogen-bond acceptors (Lipinski definition) is 6. The summed E-state index contributed by atoms with van der Waals surface area (Å²) in [7, 11) is 0. The molecule has 4 saturated carbocycles. The normalized spacial score (nSPS) is 56.3. The smallest absolute Gasteiger partial charge is 0.302 e. The van der Waals surface area contributed by atoms with E-state index in [0.29, 0.717) is 41.4 Å². The second-order valence-electron chi connectivity index (χ2n) is 13.7. The van der Waals surface area contributed by atoms with Crippen molar-refractivity contribution >= 4 is 11.7 Å². The van der Waals surface area contributed by atoms with Gasteiger partial charge in [-0.1, -0.05) is 32.9 Å². The van der Waals surface area contributed by atoms with Crippen molar-refractivity contribution in [2.75, 3.05) is 6.61 Å². The van der Waals surface area contributed by atoms with E-state index in [4.69, 9.17) is 14.2 Å². The maximum atomic E-state index is 11.6. The number of carbonyl (C=O) groups is 1. The molecule has 0 bridgehead atoms. The lowest BCUT2D eigenvalue weighted by Gasteiger charge is -2.61. The first-order valence-electron chi connectivity index (χ1n) is 14.3. The van der Waals surface area contributed by atoms with E-state index >= 15 is 0 Å². The summed E-state index contributed by atoms with van der Waals surface area (Å²) >= 11 is 0. The molecule has 0 aromatic rings. The zero-order valence-electron chi connectivity index (χ0n) is 22.3. The van der Waals surface area contributed by atoms with Gasteiger partial charge in [0.25, 0.3) is 0 Å². The molecule has 0 aromatic heterocycles. The van der Waals surface area contributed by atoms with Crippen LogP contribution >= 0.6 is 0 Å². The van der Waals surface area contributed by atoms with Crippen LogP contribution in [0.15, 0.2) is 5.16 Å². The van der Waals surface area contributed by atoms with E-state index < -0.39 is 5.79 Å². The molecule has 6 fully saturated rings. The number of hydrogen-bond donors (Lipinski definition) is 1. The lowest BCUT2D eigenvalue weighted by Crippen LogP contribution is -2.56. The summed E-state index contributed by atoms with van der Waals surface area (Å²) < 4.78 is 18.9. The van der Waals surface area contributed by atoms with Gasteiger partial charge in [0, 0.05) is 12.8 Å². The van der Waals surface area contributed by atoms with Crippen molar-refractivity contribution in [1.29, 1.82) is 0 Å². The van der Waals surface area contributed by atoms with Crippen LogP contribution in [-0.2, 0) is 19.0 Å². The van der Waals surface area contributed by atoms with E-state index in [-0.39, 0.29) is 29.5 Å². The number of rotatable bonds is 1. The fourth-order valence-corrected chi connectivity index (χ4v) is 10.7. The lowest BCUT2D eigenvalue weighted by molar-refractivity contribution is -0.217. The van der Waals surface area contributed by atoms with Crippen molar-refractivity contribution in [1.82, 2.24) is 0 Å². The SMILES string of the molecule is CC(=O)O[C@H]1CC[C@@]2(C)[C@@H](CC[C@@H]3[C@@H]2CC[C@]2(C)[C@@H]4[C@H](C[C@@H]32)O[C@@]2(OC[C@H](C)C/C2=N/O)[C@H]4C)C1. The van der Waals surface area contributed by atoms with E-state index in [9.17, 15) is 10.0 Å². The maximum absolute atomic E-state index is 11.6. The number of fused-ring (bicyclic) bond motifs is 7. The number of oxime groups is 1. The molecule has 2 saturated heterocycles. The molecule has 0 radical (unpaired) electrons. The topological polar surface area (TPSA) is 77.4 Å². The van der Waals surface area contributed by atoms with Crippen LogP contribution in [0.5, 0.6) is 0 Å². The van der Waals surface area contributed by atoms with Crippen LogP contribution in [-0.4, -0.2) is 41.5 Å². The monoisotopic (exact) mass is 487 g/mol. The third-order valence-corrected chi connectivity index (χ3v) is 12.1. The highest BCUT2D eigenvalue weighted by molar-refractivity contribution is 5.92. The quantitative estimate of drug-likeness (QED) is 0.287. The third-order valence-electron chi connectivity index (χ3n) is 12.1. The Morgan fingerprint density at radius 2 is 1.83 bits per heavy atom. The van der Waals surface area contributed by atoms with E-state index in [1.54, 1.807) is 6.92 Å². The number of carbonyl (C=O) groups excluding carboxylic acids is 1. The van der Waals surface area contributed by atoms with Crippen LogP contribution in [0.4, 0.5) is 0 Å². The molecule has 1 spiro atoms.